The standard InChI is InChI=1S/C29H35F3N2O6/c1-28(2,3)21-8-10-22(11-9-21)34(27(38)39-23-12-14-24(15-13-23)40-29(30,31)32)18-19-4-6-20(7-5-19)26(37)33-17-16-25(35)36/h4-7,12-15,21-22H,8-11,16-18H2,1-3H3,(H,33,37)(H,35,36). The number of aliphatic carboxylic acids is 1. The molecule has 11 heteroatoms. The number of amides is 2. The lowest BCUT2D eigenvalue weighted by molar-refractivity contribution is -0.274. The van der Waals surface area contributed by atoms with Gasteiger partial charge in [-0.15, -0.1) is 13.2 Å². The van der Waals surface area contributed by atoms with Crippen LogP contribution in [0.4, 0.5) is 18.0 Å². The molecule has 0 radical (unpaired) electrons. The summed E-state index contributed by atoms with van der Waals surface area (Å²) in [4.78, 5) is 37.9. The van der Waals surface area contributed by atoms with E-state index in [4.69, 9.17) is 9.84 Å². The number of nitrogens with one attached hydrogen (secondary N) is 1. The minimum Gasteiger partial charge on any atom is -0.481 e. The second-order valence-corrected chi connectivity index (χ2v) is 11.0. The van der Waals surface area contributed by atoms with Gasteiger partial charge in [-0.1, -0.05) is 32.9 Å². The summed E-state index contributed by atoms with van der Waals surface area (Å²) in [6, 6.07) is 11.2. The minimum absolute atomic E-state index is 0.0100. The first-order valence-corrected chi connectivity index (χ1v) is 13.1. The molecule has 218 valence electrons. The van der Waals surface area contributed by atoms with Crippen LogP contribution >= 0.6 is 0 Å². The lowest BCUT2D eigenvalue weighted by Crippen LogP contribution is -2.44. The van der Waals surface area contributed by atoms with Gasteiger partial charge in [0.15, 0.2) is 0 Å². The maximum Gasteiger partial charge on any atom is 0.573 e. The highest BCUT2D eigenvalue weighted by Gasteiger charge is 2.35. The molecule has 0 heterocycles. The van der Waals surface area contributed by atoms with Crippen LogP contribution < -0.4 is 14.8 Å². The number of hydrogen-bond acceptors (Lipinski definition) is 5. The van der Waals surface area contributed by atoms with Gasteiger partial charge in [-0.25, -0.2) is 4.79 Å². The van der Waals surface area contributed by atoms with Crippen molar-refractivity contribution in [3.8, 4) is 11.5 Å². The molecule has 0 aromatic heterocycles. The van der Waals surface area contributed by atoms with Crippen LogP contribution in [0.15, 0.2) is 48.5 Å². The van der Waals surface area contributed by atoms with Crippen LogP contribution in [-0.4, -0.2) is 46.9 Å². The molecule has 3 rings (SSSR count). The second-order valence-electron chi connectivity index (χ2n) is 11.0. The summed E-state index contributed by atoms with van der Waals surface area (Å²) in [6.45, 7) is 6.83. The Kier molecular flexibility index (Phi) is 10.1. The van der Waals surface area contributed by atoms with Crippen molar-refractivity contribution in [2.45, 2.75) is 71.8 Å². The summed E-state index contributed by atoms with van der Waals surface area (Å²) in [5, 5.41) is 11.3. The quantitative estimate of drug-likeness (QED) is 0.365. The zero-order valence-corrected chi connectivity index (χ0v) is 22.8. The van der Waals surface area contributed by atoms with Crippen LogP contribution in [0.25, 0.3) is 0 Å². The molecular formula is C29H35F3N2O6. The average Bonchev–Trinajstić information content (AvgIpc) is 2.87. The Bertz CT molecular complexity index is 1150. The van der Waals surface area contributed by atoms with Crippen LogP contribution in [0, 0.1) is 11.3 Å². The highest BCUT2D eigenvalue weighted by molar-refractivity contribution is 5.94. The fourth-order valence-corrected chi connectivity index (χ4v) is 4.81. The highest BCUT2D eigenvalue weighted by Crippen LogP contribution is 2.39. The van der Waals surface area contributed by atoms with E-state index in [9.17, 15) is 27.6 Å². The van der Waals surface area contributed by atoms with Crippen molar-refractivity contribution in [1.29, 1.82) is 0 Å². The van der Waals surface area contributed by atoms with E-state index in [0.29, 0.717) is 11.5 Å². The third kappa shape index (κ3) is 9.46. The van der Waals surface area contributed by atoms with E-state index in [1.165, 1.54) is 12.1 Å². The van der Waals surface area contributed by atoms with Gasteiger partial charge in [-0.2, -0.15) is 0 Å². The summed E-state index contributed by atoms with van der Waals surface area (Å²) in [6.07, 6.45) is -2.20. The Morgan fingerprint density at radius 1 is 0.925 bits per heavy atom. The first-order chi connectivity index (χ1) is 18.7. The zero-order valence-electron chi connectivity index (χ0n) is 22.8. The minimum atomic E-state index is -4.82. The highest BCUT2D eigenvalue weighted by atomic mass is 19.4. The number of hydrogen-bond donors (Lipinski definition) is 2. The Hall–Kier alpha value is -3.76. The molecule has 0 aliphatic heterocycles. The number of carbonyl (C=O) groups is 3. The molecule has 1 aliphatic rings. The van der Waals surface area contributed by atoms with E-state index in [1.54, 1.807) is 29.2 Å². The number of rotatable bonds is 9. The lowest BCUT2D eigenvalue weighted by atomic mass is 9.71. The van der Waals surface area contributed by atoms with Crippen molar-refractivity contribution >= 4 is 18.0 Å². The molecule has 1 aliphatic carbocycles. The number of carboxylic acid groups (broad SMARTS) is 1. The van der Waals surface area contributed by atoms with Gasteiger partial charge in [0.2, 0.25) is 0 Å². The van der Waals surface area contributed by atoms with E-state index < -0.39 is 30.1 Å². The molecule has 40 heavy (non-hydrogen) atoms. The van der Waals surface area contributed by atoms with Crippen LogP contribution in [0.1, 0.15) is 68.8 Å². The van der Waals surface area contributed by atoms with Crippen molar-refractivity contribution in [3.63, 3.8) is 0 Å². The van der Waals surface area contributed by atoms with Gasteiger partial charge in [0.25, 0.3) is 5.91 Å². The summed E-state index contributed by atoms with van der Waals surface area (Å²) in [5.74, 6) is -1.23. The zero-order chi connectivity index (χ0) is 29.5. The van der Waals surface area contributed by atoms with Gasteiger partial charge in [0.1, 0.15) is 11.5 Å². The number of halogens is 3. The third-order valence-electron chi connectivity index (χ3n) is 7.05. The normalized spacial score (nSPS) is 17.6. The second kappa shape index (κ2) is 13.1. The summed E-state index contributed by atoms with van der Waals surface area (Å²) in [5.41, 5.74) is 1.26. The molecule has 1 fully saturated rings. The monoisotopic (exact) mass is 564 g/mol. The maximum absolute atomic E-state index is 13.3. The Morgan fingerprint density at radius 2 is 1.50 bits per heavy atom. The Morgan fingerprint density at radius 3 is 2.02 bits per heavy atom. The van der Waals surface area contributed by atoms with E-state index in [0.717, 1.165) is 43.4 Å². The Labute approximate surface area is 231 Å². The van der Waals surface area contributed by atoms with Gasteiger partial charge in [-0.05, 0) is 79.0 Å². The molecule has 2 N–H and O–H groups in total. The first kappa shape index (κ1) is 30.8. The van der Waals surface area contributed by atoms with Crippen LogP contribution in [0.5, 0.6) is 11.5 Å². The number of carboxylic acids is 1. The molecule has 2 aromatic rings. The molecule has 0 unspecified atom stereocenters. The molecule has 0 atom stereocenters. The number of nitrogens with zero attached hydrogens (tertiary/aromatic N) is 1. The molecule has 0 bridgehead atoms. The van der Waals surface area contributed by atoms with Crippen molar-refractivity contribution in [3.05, 3.63) is 59.7 Å². The van der Waals surface area contributed by atoms with Gasteiger partial charge in [-0.3, -0.25) is 9.59 Å². The van der Waals surface area contributed by atoms with Crippen molar-refractivity contribution < 1.29 is 42.1 Å². The van der Waals surface area contributed by atoms with Crippen molar-refractivity contribution in [2.75, 3.05) is 6.54 Å². The lowest BCUT2D eigenvalue weighted by Gasteiger charge is -2.40. The van der Waals surface area contributed by atoms with Crippen LogP contribution in [-0.2, 0) is 11.3 Å². The predicted octanol–water partition coefficient (Wildman–Crippen LogP) is 6.40. The van der Waals surface area contributed by atoms with Crippen LogP contribution in [0.2, 0.25) is 0 Å². The van der Waals surface area contributed by atoms with Crippen molar-refractivity contribution in [2.24, 2.45) is 11.3 Å². The summed E-state index contributed by atoms with van der Waals surface area (Å²) >= 11 is 0. The fourth-order valence-electron chi connectivity index (χ4n) is 4.81. The van der Waals surface area contributed by atoms with E-state index in [1.807, 2.05) is 0 Å². The first-order valence-electron chi connectivity index (χ1n) is 13.1. The van der Waals surface area contributed by atoms with Crippen LogP contribution in [0.3, 0.4) is 0 Å². The van der Waals surface area contributed by atoms with E-state index >= 15 is 0 Å². The molecular weight excluding hydrogens is 529 g/mol. The molecule has 0 spiro atoms. The molecule has 2 aromatic carbocycles. The van der Waals surface area contributed by atoms with Gasteiger partial charge >= 0.3 is 18.4 Å². The molecule has 1 saturated carbocycles. The van der Waals surface area contributed by atoms with Gasteiger partial charge in [0, 0.05) is 24.7 Å². The average molecular weight is 565 g/mol. The van der Waals surface area contributed by atoms with Crippen molar-refractivity contribution in [1.82, 2.24) is 10.2 Å². The van der Waals surface area contributed by atoms with E-state index in [-0.39, 0.29) is 36.7 Å². The molecule has 0 saturated heterocycles. The van der Waals surface area contributed by atoms with E-state index in [2.05, 4.69) is 30.8 Å². The summed E-state index contributed by atoms with van der Waals surface area (Å²) in [7, 11) is 0. The summed E-state index contributed by atoms with van der Waals surface area (Å²) < 4.78 is 46.8. The number of alkyl halides is 3. The van der Waals surface area contributed by atoms with Gasteiger partial charge in [0.05, 0.1) is 6.42 Å². The van der Waals surface area contributed by atoms with Gasteiger partial charge < -0.3 is 24.8 Å². The fraction of sp³-hybridized carbons (Fsp3) is 0.483. The number of carbonyl (C=O) groups excluding carboxylic acids is 2. The number of benzene rings is 2. The molecule has 2 amide bonds. The number of ether oxygens (including phenoxy) is 2. The topological polar surface area (TPSA) is 105 Å². The smallest absolute Gasteiger partial charge is 0.481 e. The molecule has 8 nitrogen and oxygen atoms in total. The third-order valence-corrected chi connectivity index (χ3v) is 7.05. The maximum atomic E-state index is 13.3. The Balaban J connectivity index is 1.72. The SMILES string of the molecule is CC(C)(C)C1CCC(N(Cc2ccc(C(=O)NCCC(=O)O)cc2)C(=O)Oc2ccc(OC(F)(F)F)cc2)CC1. The largest absolute Gasteiger partial charge is 0.573 e. The predicted molar refractivity (Wildman–Crippen MR) is 141 cm³/mol.